The van der Waals surface area contributed by atoms with Gasteiger partial charge in [0.05, 0.1) is 16.9 Å². The number of rotatable bonds is 4. The summed E-state index contributed by atoms with van der Waals surface area (Å²) in [5.74, 6) is -0.187. The molecule has 6 nitrogen and oxygen atoms in total. The number of carbonyl (C=O) groups excluding carboxylic acids is 1. The molecule has 0 aliphatic rings. The second-order valence-corrected chi connectivity index (χ2v) is 6.88. The molecule has 0 radical (unpaired) electrons. The van der Waals surface area contributed by atoms with Crippen LogP contribution in [0.15, 0.2) is 35.4 Å². The Labute approximate surface area is 142 Å². The molecule has 7 heteroatoms. The van der Waals surface area contributed by atoms with Crippen LogP contribution in [-0.2, 0) is 11.3 Å². The minimum absolute atomic E-state index is 0.0483. The lowest BCUT2D eigenvalue weighted by molar-refractivity contribution is 0.0473. The predicted molar refractivity (Wildman–Crippen MR) is 91.5 cm³/mol. The van der Waals surface area contributed by atoms with Crippen LogP contribution < -0.4 is 5.56 Å². The fraction of sp³-hybridized carbons (Fsp3) is 0.294. The Morgan fingerprint density at radius 2 is 2.17 bits per heavy atom. The molecule has 0 unspecified atom stereocenters. The van der Waals surface area contributed by atoms with Gasteiger partial charge in [-0.2, -0.15) is 0 Å². The quantitative estimate of drug-likeness (QED) is 0.681. The zero-order chi connectivity index (χ0) is 17.3. The molecular formula is C17H17N3O3S. The first-order valence-corrected chi connectivity index (χ1v) is 8.37. The number of carbonyl (C=O) groups is 1. The van der Waals surface area contributed by atoms with E-state index >= 15 is 0 Å². The molecule has 0 aromatic carbocycles. The lowest BCUT2D eigenvalue weighted by Gasteiger charge is -2.05. The third-order valence-corrected chi connectivity index (χ3v) is 4.71. The molecule has 0 aliphatic carbocycles. The number of esters is 1. The highest BCUT2D eigenvalue weighted by molar-refractivity contribution is 7.13. The molecule has 24 heavy (non-hydrogen) atoms. The van der Waals surface area contributed by atoms with Gasteiger partial charge in [-0.25, -0.2) is 14.8 Å². The van der Waals surface area contributed by atoms with Crippen LogP contribution in [0.2, 0.25) is 0 Å². The number of hydrogen-bond acceptors (Lipinski definition) is 6. The van der Waals surface area contributed by atoms with Crippen molar-refractivity contribution in [3.63, 3.8) is 0 Å². The van der Waals surface area contributed by atoms with E-state index in [1.165, 1.54) is 28.0 Å². The molecule has 0 saturated carbocycles. The first kappa shape index (κ1) is 16.3. The van der Waals surface area contributed by atoms with Gasteiger partial charge < -0.3 is 4.74 Å². The van der Waals surface area contributed by atoms with Gasteiger partial charge in [0, 0.05) is 18.2 Å². The lowest BCUT2D eigenvalue weighted by Crippen LogP contribution is -2.16. The number of pyridine rings is 1. The molecule has 3 heterocycles. The Kier molecular flexibility index (Phi) is 4.44. The maximum Gasteiger partial charge on any atom is 0.350 e. The van der Waals surface area contributed by atoms with Gasteiger partial charge in [0.2, 0.25) is 0 Å². The molecular weight excluding hydrogens is 326 g/mol. The molecule has 3 rings (SSSR count). The molecule has 0 aliphatic heterocycles. The smallest absolute Gasteiger partial charge is 0.350 e. The van der Waals surface area contributed by atoms with E-state index in [1.807, 2.05) is 26.8 Å². The van der Waals surface area contributed by atoms with Gasteiger partial charge in [-0.15, -0.1) is 11.3 Å². The average molecular weight is 343 g/mol. The zero-order valence-corrected chi connectivity index (χ0v) is 14.5. The highest BCUT2D eigenvalue weighted by atomic mass is 32.1. The van der Waals surface area contributed by atoms with Gasteiger partial charge in [-0.3, -0.25) is 9.20 Å². The van der Waals surface area contributed by atoms with E-state index in [4.69, 9.17) is 4.74 Å². The van der Waals surface area contributed by atoms with Crippen molar-refractivity contribution in [1.29, 1.82) is 0 Å². The Bertz CT molecular complexity index is 959. The lowest BCUT2D eigenvalue weighted by atomic mass is 10.2. The molecule has 0 fully saturated rings. The maximum atomic E-state index is 12.1. The van der Waals surface area contributed by atoms with Crippen molar-refractivity contribution in [3.8, 4) is 0 Å². The summed E-state index contributed by atoms with van der Waals surface area (Å²) in [4.78, 5) is 33.2. The number of nitrogens with zero attached hydrogens (tertiary/aromatic N) is 3. The molecule has 0 saturated heterocycles. The van der Waals surface area contributed by atoms with Gasteiger partial charge in [0.25, 0.3) is 5.56 Å². The monoisotopic (exact) mass is 343 g/mol. The van der Waals surface area contributed by atoms with Crippen molar-refractivity contribution in [2.24, 2.45) is 0 Å². The van der Waals surface area contributed by atoms with Gasteiger partial charge in [0.15, 0.2) is 0 Å². The SMILES string of the molecule is Cc1ccc2nc(COC(=O)c3cnc(C(C)C)s3)cc(=O)n2c1. The summed E-state index contributed by atoms with van der Waals surface area (Å²) in [5, 5.41) is 0.888. The first-order chi connectivity index (χ1) is 11.4. The predicted octanol–water partition coefficient (Wildman–Crippen LogP) is 2.94. The molecule has 0 bridgehead atoms. The average Bonchev–Trinajstić information content (AvgIpc) is 3.04. The molecule has 0 spiro atoms. The van der Waals surface area contributed by atoms with Gasteiger partial charge in [0.1, 0.15) is 17.1 Å². The Balaban J connectivity index is 1.76. The van der Waals surface area contributed by atoms with E-state index in [0.717, 1.165) is 10.6 Å². The summed E-state index contributed by atoms with van der Waals surface area (Å²) in [6.07, 6.45) is 3.25. The van der Waals surface area contributed by atoms with E-state index in [-0.39, 0.29) is 18.1 Å². The van der Waals surface area contributed by atoms with E-state index in [0.29, 0.717) is 16.2 Å². The largest absolute Gasteiger partial charge is 0.455 e. The van der Waals surface area contributed by atoms with Crippen molar-refractivity contribution < 1.29 is 9.53 Å². The van der Waals surface area contributed by atoms with Crippen molar-refractivity contribution in [2.75, 3.05) is 0 Å². The number of aryl methyl sites for hydroxylation is 1. The Morgan fingerprint density at radius 1 is 1.38 bits per heavy atom. The highest BCUT2D eigenvalue weighted by Gasteiger charge is 2.14. The van der Waals surface area contributed by atoms with E-state index in [1.54, 1.807) is 12.3 Å². The van der Waals surface area contributed by atoms with Crippen LogP contribution >= 0.6 is 11.3 Å². The zero-order valence-electron chi connectivity index (χ0n) is 13.6. The topological polar surface area (TPSA) is 73.6 Å². The minimum atomic E-state index is -0.453. The van der Waals surface area contributed by atoms with Crippen molar-refractivity contribution in [2.45, 2.75) is 33.3 Å². The van der Waals surface area contributed by atoms with Crippen LogP contribution in [0.1, 0.15) is 45.7 Å². The standard InChI is InChI=1S/C17H17N3O3S/c1-10(2)16-18-7-13(24-16)17(22)23-9-12-6-15(21)20-8-11(3)4-5-14(20)19-12/h4-8,10H,9H2,1-3H3. The van der Waals surface area contributed by atoms with Gasteiger partial charge in [-0.05, 0) is 18.6 Å². The summed E-state index contributed by atoms with van der Waals surface area (Å²) >= 11 is 1.32. The molecule has 0 amide bonds. The fourth-order valence-electron chi connectivity index (χ4n) is 2.19. The van der Waals surface area contributed by atoms with Crippen LogP contribution in [0.25, 0.3) is 5.65 Å². The Morgan fingerprint density at radius 3 is 2.88 bits per heavy atom. The van der Waals surface area contributed by atoms with E-state index in [2.05, 4.69) is 9.97 Å². The number of fused-ring (bicyclic) bond motifs is 1. The van der Waals surface area contributed by atoms with Gasteiger partial charge >= 0.3 is 5.97 Å². The minimum Gasteiger partial charge on any atom is -0.455 e. The molecule has 0 N–H and O–H groups in total. The number of aromatic nitrogens is 3. The number of ether oxygens (including phenoxy) is 1. The fourth-order valence-corrected chi connectivity index (χ4v) is 3.01. The second-order valence-electron chi connectivity index (χ2n) is 5.81. The van der Waals surface area contributed by atoms with Crippen molar-refractivity contribution >= 4 is 23.0 Å². The molecule has 0 atom stereocenters. The van der Waals surface area contributed by atoms with Crippen LogP contribution in [0.5, 0.6) is 0 Å². The van der Waals surface area contributed by atoms with Gasteiger partial charge in [-0.1, -0.05) is 19.9 Å². The third kappa shape index (κ3) is 3.35. The highest BCUT2D eigenvalue weighted by Crippen LogP contribution is 2.21. The molecule has 3 aromatic rings. The normalized spacial score (nSPS) is 11.2. The first-order valence-electron chi connectivity index (χ1n) is 7.56. The van der Waals surface area contributed by atoms with Crippen molar-refractivity contribution in [1.82, 2.24) is 14.4 Å². The summed E-state index contributed by atoms with van der Waals surface area (Å²) in [5.41, 5.74) is 1.72. The van der Waals surface area contributed by atoms with Crippen LogP contribution in [0.3, 0.4) is 0 Å². The Hall–Kier alpha value is -2.54. The maximum absolute atomic E-state index is 12.1. The molecule has 124 valence electrons. The van der Waals surface area contributed by atoms with Crippen LogP contribution in [-0.4, -0.2) is 20.3 Å². The van der Waals surface area contributed by atoms with E-state index < -0.39 is 5.97 Å². The van der Waals surface area contributed by atoms with E-state index in [9.17, 15) is 9.59 Å². The van der Waals surface area contributed by atoms with Crippen LogP contribution in [0, 0.1) is 6.92 Å². The third-order valence-electron chi connectivity index (χ3n) is 3.43. The summed E-state index contributed by atoms with van der Waals surface area (Å²) in [7, 11) is 0. The summed E-state index contributed by atoms with van der Waals surface area (Å²) in [6.45, 7) is 5.89. The number of hydrogen-bond donors (Lipinski definition) is 0. The summed E-state index contributed by atoms with van der Waals surface area (Å²) in [6, 6.07) is 5.02. The van der Waals surface area contributed by atoms with Crippen LogP contribution in [0.4, 0.5) is 0 Å². The molecule has 3 aromatic heterocycles. The summed E-state index contributed by atoms with van der Waals surface area (Å²) < 4.78 is 6.73. The van der Waals surface area contributed by atoms with Crippen molar-refractivity contribution in [3.05, 3.63) is 62.1 Å². The second kappa shape index (κ2) is 6.52. The number of thiazole rings is 1.